The molecule has 0 N–H and O–H groups in total. The average Bonchev–Trinajstić information content (AvgIpc) is 2.93. The van der Waals surface area contributed by atoms with Gasteiger partial charge in [-0.15, -0.1) is 0 Å². The number of hydrogen-bond donors (Lipinski definition) is 0. The van der Waals surface area contributed by atoms with Gasteiger partial charge in [-0.25, -0.2) is 4.79 Å². The summed E-state index contributed by atoms with van der Waals surface area (Å²) in [5, 5.41) is 12.3. The minimum atomic E-state index is -4.18. The van der Waals surface area contributed by atoms with Crippen LogP contribution in [0.4, 0.5) is 0 Å². The number of rotatable bonds is 7. The van der Waals surface area contributed by atoms with Gasteiger partial charge in [0, 0.05) is 13.4 Å². The number of ether oxygens (including phenoxy) is 2. The molecule has 0 aliphatic carbocycles. The fraction of sp³-hybridized carbons (Fsp3) is 0.409. The third kappa shape index (κ3) is 4.38. The number of hydrogen-bond acceptors (Lipinski definition) is 5. The maximum atomic E-state index is 14.4. The molecule has 1 fully saturated rings. The number of nitrogens with zero attached hydrogens (tertiary/aromatic N) is 1. The average molecular weight is 386 g/mol. The zero-order valence-electron chi connectivity index (χ0n) is 31.0. The Morgan fingerprint density at radius 2 is 1.74 bits per heavy atom. The number of piperidine rings is 1. The lowest BCUT2D eigenvalue weighted by molar-refractivity contribution is -0.176. The van der Waals surface area contributed by atoms with Crippen LogP contribution in [0, 0.1) is 5.21 Å². The summed E-state index contributed by atoms with van der Waals surface area (Å²) in [4.78, 5) is 14.4. The Morgan fingerprint density at radius 1 is 1.19 bits per heavy atom. The Kier molecular flexibility index (Phi) is 2.47. The molecule has 3 rings (SSSR count). The van der Waals surface area contributed by atoms with E-state index in [0.29, 0.717) is 5.06 Å². The second-order valence-electron chi connectivity index (χ2n) is 5.54. The number of carbonyl (C=O) groups excluding carboxylic acids is 1. The fourth-order valence-electron chi connectivity index (χ4n) is 2.61. The van der Waals surface area contributed by atoms with Gasteiger partial charge < -0.3 is 19.7 Å². The van der Waals surface area contributed by atoms with Crippen LogP contribution in [-0.2, 0) is 19.9 Å². The molecule has 1 saturated heterocycles. The molecule has 2 aromatic carbocycles. The molecule has 2 aromatic rings. The van der Waals surface area contributed by atoms with Crippen LogP contribution in [0.3, 0.4) is 0 Å². The maximum absolute atomic E-state index is 14.4. The quantitative estimate of drug-likeness (QED) is 0.677. The molecule has 0 unspecified atom stereocenters. The van der Waals surface area contributed by atoms with Crippen LogP contribution in [0.25, 0.3) is 0 Å². The summed E-state index contributed by atoms with van der Waals surface area (Å²) in [5.74, 6) is -1.91. The molecule has 0 aromatic heterocycles. The van der Waals surface area contributed by atoms with Gasteiger partial charge in [0.05, 0.1) is 16.4 Å². The highest BCUT2D eigenvalue weighted by atomic mass is 16.6. The Morgan fingerprint density at radius 3 is 2.26 bits per heavy atom. The summed E-state index contributed by atoms with van der Waals surface area (Å²) >= 11 is 0. The van der Waals surface area contributed by atoms with Crippen molar-refractivity contribution in [1.82, 2.24) is 5.06 Å². The van der Waals surface area contributed by atoms with Crippen LogP contribution in [0.15, 0.2) is 60.4 Å². The van der Waals surface area contributed by atoms with Gasteiger partial charge in [0.1, 0.15) is 6.10 Å². The first-order valence-corrected chi connectivity index (χ1v) is 7.93. The van der Waals surface area contributed by atoms with Crippen molar-refractivity contribution in [3.63, 3.8) is 0 Å². The summed E-state index contributed by atoms with van der Waals surface area (Å²) in [6.45, 7) is -8.34. The molecule has 0 spiro atoms. The number of carbonyl (C=O) groups is 1. The molecule has 5 heteroatoms. The van der Waals surface area contributed by atoms with Crippen LogP contribution >= 0.6 is 0 Å². The highest BCUT2D eigenvalue weighted by Gasteiger charge is 2.45. The number of hydroxylamine groups is 2. The Balaban J connectivity index is 2.61. The molecule has 0 atom stereocenters. The minimum absolute atomic E-state index is 0.144. The topological polar surface area (TPSA) is 61.8 Å². The van der Waals surface area contributed by atoms with E-state index in [0.717, 1.165) is 0 Å². The Bertz CT molecular complexity index is 1340. The molecule has 0 bridgehead atoms. The number of esters is 1. The molecule has 1 aliphatic heterocycles. The van der Waals surface area contributed by atoms with E-state index in [-0.39, 0.29) is 25.9 Å². The normalized spacial score (nSPS) is 26.8. The summed E-state index contributed by atoms with van der Waals surface area (Å²) in [6, 6.07) is -11.8. The summed E-state index contributed by atoms with van der Waals surface area (Å²) in [5.41, 5.74) is -6.48. The van der Waals surface area contributed by atoms with E-state index in [1.807, 2.05) is 0 Å². The van der Waals surface area contributed by atoms with Gasteiger partial charge in [0.15, 0.2) is 0 Å². The standard InChI is InChI=1S/C22H26NO4/c1-2-17-26-22(18-9-5-3-6-10-18,19-11-7-4-8-12-19)21(24)27-20-13-15-23(25)16-14-20/h3-12,20H,2,13-17H2,1H3/q-1/i1D3,2D2,3D,4D,5D,6D,7D,8D,9D,10D,11D,12D,17D2. The first kappa shape index (κ1) is 7.32. The van der Waals surface area contributed by atoms with Crippen molar-refractivity contribution in [2.75, 3.05) is 19.6 Å². The molecule has 1 aliphatic rings. The third-order valence-corrected chi connectivity index (χ3v) is 3.92. The molecule has 144 valence electrons. The Hall–Kier alpha value is -2.21. The lowest BCUT2D eigenvalue weighted by atomic mass is 9.85. The summed E-state index contributed by atoms with van der Waals surface area (Å²) < 4.78 is 149. The second-order valence-corrected chi connectivity index (χ2v) is 5.54. The monoisotopic (exact) mass is 385 g/mol. The molecule has 27 heavy (non-hydrogen) atoms. The van der Waals surface area contributed by atoms with Gasteiger partial charge >= 0.3 is 5.97 Å². The molecular weight excluding hydrogens is 342 g/mol. The minimum Gasteiger partial charge on any atom is -0.785 e. The lowest BCUT2D eigenvalue weighted by Crippen LogP contribution is -2.45. The van der Waals surface area contributed by atoms with Crippen molar-refractivity contribution in [2.45, 2.75) is 37.8 Å². The van der Waals surface area contributed by atoms with E-state index in [2.05, 4.69) is 0 Å². The van der Waals surface area contributed by atoms with Crippen molar-refractivity contribution in [1.29, 1.82) is 0 Å². The van der Waals surface area contributed by atoms with Crippen LogP contribution in [0.2, 0.25) is 0 Å². The van der Waals surface area contributed by atoms with Crippen molar-refractivity contribution >= 4 is 5.97 Å². The fourth-order valence-corrected chi connectivity index (χ4v) is 2.61. The van der Waals surface area contributed by atoms with E-state index in [1.165, 1.54) is 0 Å². The molecule has 0 radical (unpaired) electrons. The zero-order valence-corrected chi connectivity index (χ0v) is 14.0. The highest BCUT2D eigenvalue weighted by molar-refractivity contribution is 5.86. The number of benzene rings is 2. The smallest absolute Gasteiger partial charge is 0.348 e. The van der Waals surface area contributed by atoms with Gasteiger partial charge in [-0.05, 0) is 43.4 Å². The Labute approximate surface area is 184 Å². The van der Waals surface area contributed by atoms with Crippen LogP contribution in [-0.4, -0.2) is 36.8 Å². The second kappa shape index (κ2) is 9.13. The highest BCUT2D eigenvalue weighted by Crippen LogP contribution is 2.36. The van der Waals surface area contributed by atoms with E-state index in [4.69, 9.17) is 32.8 Å². The van der Waals surface area contributed by atoms with Crippen molar-refractivity contribution in [3.05, 3.63) is 76.8 Å². The first-order chi connectivity index (χ1) is 20.0. The van der Waals surface area contributed by atoms with Gasteiger partial charge in [-0.3, -0.25) is 0 Å². The van der Waals surface area contributed by atoms with Crippen molar-refractivity contribution in [2.24, 2.45) is 0 Å². The molecular formula is C22H26NO4-. The SMILES string of the molecule is [2H]c1c([2H])c([2H])c(C(OC([2H])([2H])C([2H])([2H])C([2H])([2H])[2H])(C(=O)OC2CCN([O-])CC2)c2c([2H])c([2H])c([2H])c([2H])c2[2H])c([2H])c1[2H]. The van der Waals surface area contributed by atoms with E-state index >= 15 is 0 Å². The van der Waals surface area contributed by atoms with Crippen molar-refractivity contribution in [3.8, 4) is 0 Å². The summed E-state index contributed by atoms with van der Waals surface area (Å²) in [6.07, 6.45) is -5.50. The van der Waals surface area contributed by atoms with E-state index < -0.39 is 109 Å². The van der Waals surface area contributed by atoms with Gasteiger partial charge in [0.2, 0.25) is 5.60 Å². The molecule has 5 nitrogen and oxygen atoms in total. The van der Waals surface area contributed by atoms with Gasteiger partial charge in [0.25, 0.3) is 0 Å². The lowest BCUT2D eigenvalue weighted by Gasteiger charge is -2.38. The maximum Gasteiger partial charge on any atom is 0.348 e. The van der Waals surface area contributed by atoms with Gasteiger partial charge in [-0.2, -0.15) is 0 Å². The molecule has 1 heterocycles. The largest absolute Gasteiger partial charge is 0.785 e. The van der Waals surface area contributed by atoms with Gasteiger partial charge in [-0.1, -0.05) is 67.3 Å². The van der Waals surface area contributed by atoms with Crippen LogP contribution in [0.1, 0.15) is 60.5 Å². The van der Waals surface area contributed by atoms with E-state index in [9.17, 15) is 10.0 Å². The third-order valence-electron chi connectivity index (χ3n) is 3.92. The van der Waals surface area contributed by atoms with Crippen LogP contribution < -0.4 is 0 Å². The van der Waals surface area contributed by atoms with Crippen LogP contribution in [0.5, 0.6) is 0 Å². The zero-order chi connectivity index (χ0) is 33.9. The molecule has 0 saturated carbocycles. The molecule has 0 amide bonds. The predicted octanol–water partition coefficient (Wildman–Crippen LogP) is 3.86. The summed E-state index contributed by atoms with van der Waals surface area (Å²) in [7, 11) is 0. The predicted molar refractivity (Wildman–Crippen MR) is 104 cm³/mol. The van der Waals surface area contributed by atoms with E-state index in [1.54, 1.807) is 0 Å². The first-order valence-electron chi connectivity index (χ1n) is 16.4. The van der Waals surface area contributed by atoms with Crippen molar-refractivity contribution < 1.29 is 37.6 Å².